The second kappa shape index (κ2) is 6.26. The second-order valence-electron chi connectivity index (χ2n) is 5.49. The number of benzene rings is 1. The number of phenols is 1. The van der Waals surface area contributed by atoms with Crippen molar-refractivity contribution < 1.29 is 9.84 Å². The predicted octanol–water partition coefficient (Wildman–Crippen LogP) is 1.82. The van der Waals surface area contributed by atoms with E-state index in [0.717, 1.165) is 31.7 Å². The van der Waals surface area contributed by atoms with E-state index in [1.54, 1.807) is 13.2 Å². The van der Waals surface area contributed by atoms with Crippen LogP contribution in [-0.4, -0.2) is 36.8 Å². The lowest BCUT2D eigenvalue weighted by Gasteiger charge is -2.36. The number of aromatic hydroxyl groups is 1. The van der Waals surface area contributed by atoms with Crippen LogP contribution in [0.4, 0.5) is 0 Å². The highest BCUT2D eigenvalue weighted by Gasteiger charge is 2.25. The molecular formula is C15H24N2O2. The zero-order valence-corrected chi connectivity index (χ0v) is 11.8. The highest BCUT2D eigenvalue weighted by molar-refractivity contribution is 5.39. The minimum atomic E-state index is 0.308. The molecule has 3 N–H and O–H groups in total. The van der Waals surface area contributed by atoms with Crippen molar-refractivity contribution >= 4 is 0 Å². The van der Waals surface area contributed by atoms with Crippen molar-refractivity contribution in [3.05, 3.63) is 23.8 Å². The molecule has 1 saturated heterocycles. The molecule has 1 aliphatic rings. The van der Waals surface area contributed by atoms with Gasteiger partial charge in [-0.3, -0.25) is 4.90 Å². The Labute approximate surface area is 115 Å². The van der Waals surface area contributed by atoms with Crippen LogP contribution in [-0.2, 0) is 6.54 Å². The number of phenolic OH excluding ortho intramolecular Hbond substituents is 1. The fourth-order valence-corrected chi connectivity index (χ4v) is 2.72. The minimum Gasteiger partial charge on any atom is -0.507 e. The molecule has 1 aliphatic heterocycles. The SMILES string of the molecule is COc1ccc(CN2CCC(C)C(CN)C2)c(O)c1. The first-order valence-corrected chi connectivity index (χ1v) is 6.92. The molecule has 0 aromatic heterocycles. The van der Waals surface area contributed by atoms with Gasteiger partial charge in [0.25, 0.3) is 0 Å². The number of nitrogens with two attached hydrogens (primary N) is 1. The fourth-order valence-electron chi connectivity index (χ4n) is 2.72. The molecule has 0 radical (unpaired) electrons. The number of hydrogen-bond acceptors (Lipinski definition) is 4. The van der Waals surface area contributed by atoms with Crippen molar-refractivity contribution in [3.63, 3.8) is 0 Å². The molecule has 0 saturated carbocycles. The quantitative estimate of drug-likeness (QED) is 0.871. The Bertz CT molecular complexity index is 423. The monoisotopic (exact) mass is 264 g/mol. The summed E-state index contributed by atoms with van der Waals surface area (Å²) in [6.07, 6.45) is 1.18. The van der Waals surface area contributed by atoms with E-state index in [2.05, 4.69) is 11.8 Å². The Morgan fingerprint density at radius 1 is 1.47 bits per heavy atom. The lowest BCUT2D eigenvalue weighted by Crippen LogP contribution is -2.42. The van der Waals surface area contributed by atoms with Gasteiger partial charge < -0.3 is 15.6 Å². The summed E-state index contributed by atoms with van der Waals surface area (Å²) in [5.74, 6) is 2.26. The Kier molecular flexibility index (Phi) is 4.66. The Morgan fingerprint density at radius 3 is 2.89 bits per heavy atom. The van der Waals surface area contributed by atoms with Crippen molar-refractivity contribution in [2.45, 2.75) is 19.9 Å². The molecule has 1 aromatic rings. The molecule has 0 amide bonds. The van der Waals surface area contributed by atoms with E-state index in [1.165, 1.54) is 6.42 Å². The summed E-state index contributed by atoms with van der Waals surface area (Å²) >= 11 is 0. The standard InChI is InChI=1S/C15H24N2O2/c1-11-5-6-17(10-13(11)8-16)9-12-3-4-14(19-2)7-15(12)18/h3-4,7,11,13,18H,5-6,8-10,16H2,1-2H3. The predicted molar refractivity (Wildman–Crippen MR) is 76.3 cm³/mol. The van der Waals surface area contributed by atoms with E-state index in [1.807, 2.05) is 12.1 Å². The summed E-state index contributed by atoms with van der Waals surface area (Å²) in [6.45, 7) is 5.89. The van der Waals surface area contributed by atoms with Gasteiger partial charge in [0.15, 0.2) is 0 Å². The molecule has 0 spiro atoms. The van der Waals surface area contributed by atoms with Gasteiger partial charge in [-0.1, -0.05) is 13.0 Å². The molecule has 1 aromatic carbocycles. The van der Waals surface area contributed by atoms with Crippen molar-refractivity contribution in [1.29, 1.82) is 0 Å². The van der Waals surface area contributed by atoms with Crippen molar-refractivity contribution in [3.8, 4) is 11.5 Å². The van der Waals surface area contributed by atoms with Crippen LogP contribution in [0, 0.1) is 11.8 Å². The smallest absolute Gasteiger partial charge is 0.123 e. The van der Waals surface area contributed by atoms with E-state index in [9.17, 15) is 5.11 Å². The lowest BCUT2D eigenvalue weighted by atomic mass is 9.87. The Hall–Kier alpha value is -1.26. The molecule has 2 atom stereocenters. The highest BCUT2D eigenvalue weighted by Crippen LogP contribution is 2.28. The topological polar surface area (TPSA) is 58.7 Å². The largest absolute Gasteiger partial charge is 0.507 e. The van der Waals surface area contributed by atoms with Gasteiger partial charge in [0.05, 0.1) is 7.11 Å². The van der Waals surface area contributed by atoms with Crippen LogP contribution in [0.2, 0.25) is 0 Å². The normalized spacial score (nSPS) is 24.4. The van der Waals surface area contributed by atoms with Crippen LogP contribution in [0.25, 0.3) is 0 Å². The van der Waals surface area contributed by atoms with E-state index in [-0.39, 0.29) is 0 Å². The third-order valence-corrected chi connectivity index (χ3v) is 4.19. The van der Waals surface area contributed by atoms with Crippen LogP contribution < -0.4 is 10.5 Å². The molecule has 4 nitrogen and oxygen atoms in total. The van der Waals surface area contributed by atoms with Crippen molar-refractivity contribution in [1.82, 2.24) is 4.90 Å². The molecular weight excluding hydrogens is 240 g/mol. The summed E-state index contributed by atoms with van der Waals surface area (Å²) in [7, 11) is 1.60. The highest BCUT2D eigenvalue weighted by atomic mass is 16.5. The average Bonchev–Trinajstić information content (AvgIpc) is 2.43. The van der Waals surface area contributed by atoms with Gasteiger partial charge in [-0.05, 0) is 37.4 Å². The van der Waals surface area contributed by atoms with Crippen molar-refractivity contribution in [2.75, 3.05) is 26.7 Å². The summed E-state index contributed by atoms with van der Waals surface area (Å²) in [6, 6.07) is 5.49. The van der Waals surface area contributed by atoms with Crippen LogP contribution in [0.15, 0.2) is 18.2 Å². The summed E-state index contributed by atoms with van der Waals surface area (Å²) < 4.78 is 5.10. The molecule has 1 fully saturated rings. The van der Waals surface area contributed by atoms with E-state index in [0.29, 0.717) is 23.3 Å². The molecule has 0 aliphatic carbocycles. The first kappa shape index (κ1) is 14.2. The van der Waals surface area contributed by atoms with Crippen LogP contribution in [0.3, 0.4) is 0 Å². The number of nitrogens with zero attached hydrogens (tertiary/aromatic N) is 1. The maximum atomic E-state index is 10.00. The van der Waals surface area contributed by atoms with Gasteiger partial charge in [-0.25, -0.2) is 0 Å². The molecule has 0 bridgehead atoms. The third-order valence-electron chi connectivity index (χ3n) is 4.19. The molecule has 19 heavy (non-hydrogen) atoms. The second-order valence-corrected chi connectivity index (χ2v) is 5.49. The first-order chi connectivity index (χ1) is 9.13. The third kappa shape index (κ3) is 3.39. The maximum Gasteiger partial charge on any atom is 0.123 e. The first-order valence-electron chi connectivity index (χ1n) is 6.92. The maximum absolute atomic E-state index is 10.00. The molecule has 1 heterocycles. The fraction of sp³-hybridized carbons (Fsp3) is 0.600. The number of likely N-dealkylation sites (tertiary alicyclic amines) is 1. The number of rotatable bonds is 4. The number of methoxy groups -OCH3 is 1. The average molecular weight is 264 g/mol. The Balaban J connectivity index is 2.01. The van der Waals surface area contributed by atoms with Crippen LogP contribution in [0.5, 0.6) is 11.5 Å². The lowest BCUT2D eigenvalue weighted by molar-refractivity contribution is 0.125. The summed E-state index contributed by atoms with van der Waals surface area (Å²) in [5, 5.41) is 10.00. The van der Waals surface area contributed by atoms with Gasteiger partial charge in [-0.2, -0.15) is 0 Å². The van der Waals surface area contributed by atoms with E-state index < -0.39 is 0 Å². The zero-order chi connectivity index (χ0) is 13.8. The van der Waals surface area contributed by atoms with E-state index >= 15 is 0 Å². The number of hydrogen-bond donors (Lipinski definition) is 2. The Morgan fingerprint density at radius 2 is 2.26 bits per heavy atom. The van der Waals surface area contributed by atoms with Gasteiger partial charge in [0, 0.05) is 24.7 Å². The van der Waals surface area contributed by atoms with E-state index in [4.69, 9.17) is 10.5 Å². The minimum absolute atomic E-state index is 0.308. The summed E-state index contributed by atoms with van der Waals surface area (Å²) in [4.78, 5) is 2.37. The molecule has 2 rings (SSSR count). The zero-order valence-electron chi connectivity index (χ0n) is 11.8. The van der Waals surface area contributed by atoms with Gasteiger partial charge >= 0.3 is 0 Å². The number of ether oxygens (including phenoxy) is 1. The molecule has 106 valence electrons. The summed E-state index contributed by atoms with van der Waals surface area (Å²) in [5.41, 5.74) is 6.77. The van der Waals surface area contributed by atoms with Crippen LogP contribution in [0.1, 0.15) is 18.9 Å². The number of piperidine rings is 1. The van der Waals surface area contributed by atoms with Gasteiger partial charge in [0.2, 0.25) is 0 Å². The van der Waals surface area contributed by atoms with Gasteiger partial charge in [-0.15, -0.1) is 0 Å². The molecule has 2 unspecified atom stereocenters. The molecule has 4 heteroatoms. The van der Waals surface area contributed by atoms with Gasteiger partial charge in [0.1, 0.15) is 11.5 Å². The van der Waals surface area contributed by atoms with Crippen molar-refractivity contribution in [2.24, 2.45) is 17.6 Å². The van der Waals surface area contributed by atoms with Crippen LogP contribution >= 0.6 is 0 Å².